The minimum Gasteiger partial charge on any atom is -0.341 e. The van der Waals surface area contributed by atoms with Gasteiger partial charge in [-0.3, -0.25) is 4.79 Å². The zero-order chi connectivity index (χ0) is 18.5. The first-order valence-electron chi connectivity index (χ1n) is 8.76. The smallest absolute Gasteiger partial charge is 0.319 e. The molecule has 1 aliphatic rings. The average molecular weight is 353 g/mol. The highest BCUT2D eigenvalue weighted by Crippen LogP contribution is 2.20. The molecular weight excluding hydrogens is 330 g/mol. The number of carbonyl (C=O) groups excluding carboxylic acids is 2. The number of amides is 3. The predicted octanol–water partition coefficient (Wildman–Crippen LogP) is 2.58. The van der Waals surface area contributed by atoms with Crippen molar-refractivity contribution in [3.63, 3.8) is 0 Å². The molecule has 0 unspecified atom stereocenters. The number of benzene rings is 1. The molecule has 0 radical (unpaired) electrons. The number of rotatable bonds is 5. The summed E-state index contributed by atoms with van der Waals surface area (Å²) in [6.45, 7) is 5.04. The lowest BCUT2D eigenvalue weighted by Crippen LogP contribution is -2.44. The standard InChI is InChI=1S/C19H23N5O2/c1-13(12-24-10-4-7-18(24)25)21-19(26)23-16-6-3-5-15(11-16)17-8-9-20-14(2)22-17/h3,5-6,8-9,11,13H,4,7,10,12H2,1-2H3,(H2,21,23,26)/t13-/m1/s1. The van der Waals surface area contributed by atoms with Crippen molar-refractivity contribution in [3.8, 4) is 11.3 Å². The molecule has 2 N–H and O–H groups in total. The van der Waals surface area contributed by atoms with Gasteiger partial charge in [-0.25, -0.2) is 14.8 Å². The summed E-state index contributed by atoms with van der Waals surface area (Å²) in [5, 5.41) is 5.71. The van der Waals surface area contributed by atoms with Crippen LogP contribution in [0.15, 0.2) is 36.5 Å². The zero-order valence-electron chi connectivity index (χ0n) is 15.0. The maximum absolute atomic E-state index is 12.2. The van der Waals surface area contributed by atoms with Crippen molar-refractivity contribution < 1.29 is 9.59 Å². The third-order valence-corrected chi connectivity index (χ3v) is 4.24. The van der Waals surface area contributed by atoms with Crippen LogP contribution in [0.2, 0.25) is 0 Å². The topological polar surface area (TPSA) is 87.2 Å². The third kappa shape index (κ3) is 4.56. The van der Waals surface area contributed by atoms with Crippen LogP contribution in [0.3, 0.4) is 0 Å². The van der Waals surface area contributed by atoms with Crippen LogP contribution in [0.1, 0.15) is 25.6 Å². The number of hydrogen-bond acceptors (Lipinski definition) is 4. The van der Waals surface area contributed by atoms with E-state index in [0.29, 0.717) is 24.5 Å². The highest BCUT2D eigenvalue weighted by molar-refractivity contribution is 5.90. The summed E-state index contributed by atoms with van der Waals surface area (Å²) >= 11 is 0. The molecule has 3 amide bonds. The highest BCUT2D eigenvalue weighted by Gasteiger charge is 2.22. The van der Waals surface area contributed by atoms with Crippen molar-refractivity contribution in [2.24, 2.45) is 0 Å². The van der Waals surface area contributed by atoms with E-state index in [9.17, 15) is 9.59 Å². The third-order valence-electron chi connectivity index (χ3n) is 4.24. The first-order chi connectivity index (χ1) is 12.5. The van der Waals surface area contributed by atoms with Crippen LogP contribution < -0.4 is 10.6 Å². The molecule has 3 rings (SSSR count). The van der Waals surface area contributed by atoms with Gasteiger partial charge in [-0.05, 0) is 38.5 Å². The summed E-state index contributed by atoms with van der Waals surface area (Å²) in [5.74, 6) is 0.857. The fourth-order valence-electron chi connectivity index (χ4n) is 3.04. The Morgan fingerprint density at radius 1 is 1.35 bits per heavy atom. The number of likely N-dealkylation sites (tertiary alicyclic amines) is 1. The van der Waals surface area contributed by atoms with Gasteiger partial charge in [0.15, 0.2) is 0 Å². The van der Waals surface area contributed by atoms with Gasteiger partial charge in [0, 0.05) is 43.0 Å². The molecule has 0 aliphatic carbocycles. The number of nitrogens with one attached hydrogen (secondary N) is 2. The van der Waals surface area contributed by atoms with Gasteiger partial charge in [0.1, 0.15) is 5.82 Å². The van der Waals surface area contributed by atoms with E-state index in [0.717, 1.165) is 24.2 Å². The van der Waals surface area contributed by atoms with Gasteiger partial charge in [0.25, 0.3) is 0 Å². The van der Waals surface area contributed by atoms with Gasteiger partial charge in [0.2, 0.25) is 5.91 Å². The second kappa shape index (κ2) is 7.95. The van der Waals surface area contributed by atoms with Crippen LogP contribution in [0.5, 0.6) is 0 Å². The monoisotopic (exact) mass is 353 g/mol. The summed E-state index contributed by atoms with van der Waals surface area (Å²) in [4.78, 5) is 34.2. The van der Waals surface area contributed by atoms with Gasteiger partial charge < -0.3 is 15.5 Å². The second-order valence-corrected chi connectivity index (χ2v) is 6.51. The lowest BCUT2D eigenvalue weighted by Gasteiger charge is -2.21. The highest BCUT2D eigenvalue weighted by atomic mass is 16.2. The largest absolute Gasteiger partial charge is 0.341 e. The molecule has 26 heavy (non-hydrogen) atoms. The molecule has 1 atom stereocenters. The van der Waals surface area contributed by atoms with E-state index in [4.69, 9.17) is 0 Å². The Morgan fingerprint density at radius 2 is 2.19 bits per heavy atom. The van der Waals surface area contributed by atoms with E-state index in [1.165, 1.54) is 0 Å². The number of aryl methyl sites for hydroxylation is 1. The average Bonchev–Trinajstić information content (AvgIpc) is 2.99. The number of carbonyl (C=O) groups is 2. The molecule has 7 heteroatoms. The molecule has 1 aromatic carbocycles. The van der Waals surface area contributed by atoms with Crippen LogP contribution in [0.4, 0.5) is 10.5 Å². The van der Waals surface area contributed by atoms with Gasteiger partial charge in [-0.1, -0.05) is 12.1 Å². The Balaban J connectivity index is 1.59. The Bertz CT molecular complexity index is 808. The summed E-state index contributed by atoms with van der Waals surface area (Å²) in [6, 6.07) is 8.93. The van der Waals surface area contributed by atoms with E-state index in [-0.39, 0.29) is 18.0 Å². The molecule has 0 bridgehead atoms. The maximum atomic E-state index is 12.2. The summed E-state index contributed by atoms with van der Waals surface area (Å²) in [7, 11) is 0. The lowest BCUT2D eigenvalue weighted by molar-refractivity contribution is -0.127. The minimum atomic E-state index is -0.292. The van der Waals surface area contributed by atoms with Crippen LogP contribution >= 0.6 is 0 Å². The molecule has 1 aliphatic heterocycles. The van der Waals surface area contributed by atoms with Crippen molar-refractivity contribution in [1.29, 1.82) is 0 Å². The van der Waals surface area contributed by atoms with Crippen LogP contribution in [-0.4, -0.2) is 45.9 Å². The molecule has 7 nitrogen and oxygen atoms in total. The SMILES string of the molecule is Cc1nccc(-c2cccc(NC(=O)N[C@H](C)CN3CCCC3=O)c2)n1. The van der Waals surface area contributed by atoms with Crippen molar-refractivity contribution >= 4 is 17.6 Å². The predicted molar refractivity (Wildman–Crippen MR) is 99.6 cm³/mol. The number of hydrogen-bond donors (Lipinski definition) is 2. The van der Waals surface area contributed by atoms with Gasteiger partial charge >= 0.3 is 6.03 Å². The van der Waals surface area contributed by atoms with Gasteiger partial charge in [-0.2, -0.15) is 0 Å². The van der Waals surface area contributed by atoms with Gasteiger partial charge in [0.05, 0.1) is 5.69 Å². The summed E-state index contributed by atoms with van der Waals surface area (Å²) in [6.07, 6.45) is 3.22. The van der Waals surface area contributed by atoms with E-state index < -0.39 is 0 Å². The zero-order valence-corrected chi connectivity index (χ0v) is 15.0. The van der Waals surface area contributed by atoms with E-state index in [2.05, 4.69) is 20.6 Å². The fourth-order valence-corrected chi connectivity index (χ4v) is 3.04. The Labute approximate surface area is 152 Å². The van der Waals surface area contributed by atoms with Crippen molar-refractivity contribution in [1.82, 2.24) is 20.2 Å². The molecule has 0 spiro atoms. The van der Waals surface area contributed by atoms with E-state index >= 15 is 0 Å². The Kier molecular flexibility index (Phi) is 5.46. The van der Waals surface area contributed by atoms with Crippen LogP contribution in [0, 0.1) is 6.92 Å². The molecule has 136 valence electrons. The molecule has 0 saturated carbocycles. The van der Waals surface area contributed by atoms with Crippen molar-refractivity contribution in [2.75, 3.05) is 18.4 Å². The maximum Gasteiger partial charge on any atom is 0.319 e. The minimum absolute atomic E-state index is 0.121. The molecule has 2 aromatic rings. The van der Waals surface area contributed by atoms with Crippen LogP contribution in [0.25, 0.3) is 11.3 Å². The molecule has 1 fully saturated rings. The first kappa shape index (κ1) is 17.8. The quantitative estimate of drug-likeness (QED) is 0.865. The first-order valence-corrected chi connectivity index (χ1v) is 8.76. The Morgan fingerprint density at radius 3 is 2.92 bits per heavy atom. The van der Waals surface area contributed by atoms with Crippen LogP contribution in [-0.2, 0) is 4.79 Å². The van der Waals surface area contributed by atoms with Crippen molar-refractivity contribution in [2.45, 2.75) is 32.7 Å². The number of nitrogens with zero attached hydrogens (tertiary/aromatic N) is 3. The fraction of sp³-hybridized carbons (Fsp3) is 0.368. The number of anilines is 1. The van der Waals surface area contributed by atoms with Crippen molar-refractivity contribution in [3.05, 3.63) is 42.4 Å². The normalized spacial score (nSPS) is 15.0. The van der Waals surface area contributed by atoms with E-state index in [1.807, 2.05) is 44.2 Å². The molecule has 1 saturated heterocycles. The van der Waals surface area contributed by atoms with Gasteiger partial charge in [-0.15, -0.1) is 0 Å². The lowest BCUT2D eigenvalue weighted by atomic mass is 10.1. The number of aromatic nitrogens is 2. The summed E-state index contributed by atoms with van der Waals surface area (Å²) in [5.41, 5.74) is 2.40. The summed E-state index contributed by atoms with van der Waals surface area (Å²) < 4.78 is 0. The second-order valence-electron chi connectivity index (χ2n) is 6.51. The number of urea groups is 1. The molecule has 1 aromatic heterocycles. The Hall–Kier alpha value is -2.96. The molecular formula is C19H23N5O2. The molecule has 2 heterocycles. The van der Waals surface area contributed by atoms with E-state index in [1.54, 1.807) is 11.1 Å².